The number of benzene rings is 3. The third kappa shape index (κ3) is 6.09. The van der Waals surface area contributed by atoms with Crippen molar-refractivity contribution in [2.45, 2.75) is 42.0 Å². The van der Waals surface area contributed by atoms with E-state index < -0.39 is 0 Å². The van der Waals surface area contributed by atoms with Crippen molar-refractivity contribution < 1.29 is 0 Å². The summed E-state index contributed by atoms with van der Waals surface area (Å²) in [5.41, 5.74) is 7.70. The standard InChI is InChI=1S/C16H20.C11H10.CH4/c1-6-8-15(13(4)7-2)16-11-12(3)9-10-14(16)5;1-9-6-7-10-4-2-3-5-11(10)8-9;/h6-11H,2H2,1,3-5H3;2-8H,1H3;1H4/b8-6-,15-13+;;. The van der Waals surface area contributed by atoms with Gasteiger partial charge >= 0.3 is 0 Å². The Balaban J connectivity index is 0.000000285. The highest BCUT2D eigenvalue weighted by Crippen LogP contribution is 2.25. The number of hydrogen-bond donors (Lipinski definition) is 0. The molecule has 0 atom stereocenters. The Morgan fingerprint density at radius 1 is 0.821 bits per heavy atom. The van der Waals surface area contributed by atoms with E-state index in [4.69, 9.17) is 0 Å². The first-order valence-electron chi connectivity index (χ1n) is 9.45. The number of fused-ring (bicyclic) bond motifs is 1. The van der Waals surface area contributed by atoms with Gasteiger partial charge in [0.2, 0.25) is 0 Å². The average Bonchev–Trinajstić information content (AvgIpc) is 2.68. The van der Waals surface area contributed by atoms with Crippen LogP contribution >= 0.6 is 0 Å². The first-order chi connectivity index (χ1) is 13.0. The summed E-state index contributed by atoms with van der Waals surface area (Å²) in [6.45, 7) is 14.4. The molecule has 0 amide bonds. The smallest absolute Gasteiger partial charge is 0.0150 e. The fourth-order valence-corrected chi connectivity index (χ4v) is 3.05. The van der Waals surface area contributed by atoms with Gasteiger partial charge in [-0.15, -0.1) is 0 Å². The van der Waals surface area contributed by atoms with Crippen LogP contribution in [0, 0.1) is 20.8 Å². The minimum atomic E-state index is 0. The van der Waals surface area contributed by atoms with Gasteiger partial charge in [0.25, 0.3) is 0 Å². The lowest BCUT2D eigenvalue weighted by atomic mass is 9.94. The topological polar surface area (TPSA) is 0 Å². The summed E-state index contributed by atoms with van der Waals surface area (Å²) in [4.78, 5) is 0. The summed E-state index contributed by atoms with van der Waals surface area (Å²) < 4.78 is 0. The van der Waals surface area contributed by atoms with E-state index in [1.807, 2.05) is 13.0 Å². The molecule has 0 aromatic heterocycles. The van der Waals surface area contributed by atoms with Crippen LogP contribution in [0.3, 0.4) is 0 Å². The Morgan fingerprint density at radius 3 is 2.07 bits per heavy atom. The fourth-order valence-electron chi connectivity index (χ4n) is 3.05. The molecule has 3 rings (SSSR count). The minimum Gasteiger partial charge on any atom is -0.0988 e. The zero-order chi connectivity index (χ0) is 19.8. The van der Waals surface area contributed by atoms with Gasteiger partial charge in [-0.3, -0.25) is 0 Å². The largest absolute Gasteiger partial charge is 0.0988 e. The van der Waals surface area contributed by atoms with Crippen LogP contribution < -0.4 is 0 Å². The van der Waals surface area contributed by atoms with Crippen LogP contribution in [0.1, 0.15) is 43.5 Å². The molecule has 0 bridgehead atoms. The number of hydrogen-bond acceptors (Lipinski definition) is 0. The van der Waals surface area contributed by atoms with Gasteiger partial charge in [0.15, 0.2) is 0 Å². The maximum atomic E-state index is 3.85. The van der Waals surface area contributed by atoms with Crippen molar-refractivity contribution in [1.29, 1.82) is 0 Å². The van der Waals surface area contributed by atoms with Crippen LogP contribution in [0.2, 0.25) is 0 Å². The molecule has 0 radical (unpaired) electrons. The summed E-state index contributed by atoms with van der Waals surface area (Å²) in [5.74, 6) is 0. The van der Waals surface area contributed by atoms with Gasteiger partial charge in [-0.05, 0) is 67.7 Å². The van der Waals surface area contributed by atoms with Crippen molar-refractivity contribution in [3.05, 3.63) is 113 Å². The minimum absolute atomic E-state index is 0. The molecule has 0 fully saturated rings. The van der Waals surface area contributed by atoms with Crippen molar-refractivity contribution in [2.24, 2.45) is 0 Å². The quantitative estimate of drug-likeness (QED) is 0.405. The number of rotatable bonds is 3. The second kappa shape index (κ2) is 11.1. The lowest BCUT2D eigenvalue weighted by Gasteiger charge is -2.10. The Hall–Kier alpha value is -2.86. The van der Waals surface area contributed by atoms with E-state index in [-0.39, 0.29) is 7.43 Å². The Labute approximate surface area is 171 Å². The molecule has 0 saturated carbocycles. The van der Waals surface area contributed by atoms with Crippen LogP contribution in [0.5, 0.6) is 0 Å². The molecule has 3 aromatic rings. The zero-order valence-corrected chi connectivity index (χ0v) is 17.2. The predicted molar refractivity (Wildman–Crippen MR) is 129 cm³/mol. The van der Waals surface area contributed by atoms with E-state index in [0.717, 1.165) is 0 Å². The molecule has 0 nitrogen and oxygen atoms in total. The van der Waals surface area contributed by atoms with Crippen molar-refractivity contribution in [3.8, 4) is 0 Å². The summed E-state index contributed by atoms with van der Waals surface area (Å²) >= 11 is 0. The molecule has 146 valence electrons. The molecule has 0 aliphatic heterocycles. The summed E-state index contributed by atoms with van der Waals surface area (Å²) in [7, 11) is 0. The van der Waals surface area contributed by atoms with E-state index in [1.165, 1.54) is 44.2 Å². The number of aryl methyl sites for hydroxylation is 3. The van der Waals surface area contributed by atoms with E-state index in [0.29, 0.717) is 0 Å². The monoisotopic (exact) mass is 370 g/mol. The molecular weight excluding hydrogens is 336 g/mol. The molecule has 0 saturated heterocycles. The van der Waals surface area contributed by atoms with Crippen LogP contribution in [0.25, 0.3) is 16.3 Å². The van der Waals surface area contributed by atoms with Gasteiger partial charge < -0.3 is 0 Å². The van der Waals surface area contributed by atoms with Crippen LogP contribution in [-0.4, -0.2) is 0 Å². The average molecular weight is 371 g/mol. The van der Waals surface area contributed by atoms with E-state index in [9.17, 15) is 0 Å². The van der Waals surface area contributed by atoms with Crippen molar-refractivity contribution in [1.82, 2.24) is 0 Å². The van der Waals surface area contributed by atoms with Crippen molar-refractivity contribution in [2.75, 3.05) is 0 Å². The predicted octanol–water partition coefficient (Wildman–Crippen LogP) is 8.62. The maximum Gasteiger partial charge on any atom is -0.0150 e. The second-order valence-corrected chi connectivity index (χ2v) is 6.97. The Morgan fingerprint density at radius 2 is 1.43 bits per heavy atom. The van der Waals surface area contributed by atoms with Crippen molar-refractivity contribution in [3.63, 3.8) is 0 Å². The van der Waals surface area contributed by atoms with Gasteiger partial charge in [-0.2, -0.15) is 0 Å². The molecule has 0 unspecified atom stereocenters. The third-order valence-electron chi connectivity index (χ3n) is 4.65. The van der Waals surface area contributed by atoms with Crippen LogP contribution in [0.15, 0.2) is 91.0 Å². The molecule has 0 aliphatic carbocycles. The molecule has 0 spiro atoms. The fraction of sp³-hybridized carbons (Fsp3) is 0.214. The van der Waals surface area contributed by atoms with Crippen molar-refractivity contribution >= 4 is 16.3 Å². The highest BCUT2D eigenvalue weighted by Gasteiger charge is 2.04. The van der Waals surface area contributed by atoms with E-state index in [1.54, 1.807) is 0 Å². The first kappa shape index (κ1) is 23.2. The molecule has 0 aliphatic rings. The highest BCUT2D eigenvalue weighted by molar-refractivity contribution is 5.83. The first-order valence-corrected chi connectivity index (χ1v) is 9.45. The second-order valence-electron chi connectivity index (χ2n) is 6.97. The molecule has 28 heavy (non-hydrogen) atoms. The molecule has 0 N–H and O–H groups in total. The summed E-state index contributed by atoms with van der Waals surface area (Å²) in [6, 6.07) is 21.5. The molecule has 0 heterocycles. The van der Waals surface area contributed by atoms with Crippen LogP contribution in [0.4, 0.5) is 0 Å². The van der Waals surface area contributed by atoms with Gasteiger partial charge in [0.05, 0.1) is 0 Å². The summed E-state index contributed by atoms with van der Waals surface area (Å²) in [5, 5.41) is 2.64. The molecular formula is C28H34. The van der Waals surface area contributed by atoms with Gasteiger partial charge in [-0.1, -0.05) is 104 Å². The summed E-state index contributed by atoms with van der Waals surface area (Å²) in [6.07, 6.45) is 6.14. The van der Waals surface area contributed by atoms with E-state index in [2.05, 4.69) is 107 Å². The van der Waals surface area contributed by atoms with E-state index >= 15 is 0 Å². The lowest BCUT2D eigenvalue weighted by molar-refractivity contribution is 1.35. The van der Waals surface area contributed by atoms with Gasteiger partial charge in [-0.25, -0.2) is 0 Å². The Bertz CT molecular complexity index is 984. The maximum absolute atomic E-state index is 3.85. The lowest BCUT2D eigenvalue weighted by Crippen LogP contribution is -1.90. The highest BCUT2D eigenvalue weighted by atomic mass is 14.1. The molecule has 3 aromatic carbocycles. The Kier molecular flexibility index (Phi) is 9.18. The SMILES string of the molecule is C.C=C/C(C)=C(\C=C/C)c1cc(C)ccc1C.Cc1ccc2ccccc2c1. The number of allylic oxidation sites excluding steroid dienone is 5. The van der Waals surface area contributed by atoms with Crippen LogP contribution in [-0.2, 0) is 0 Å². The zero-order valence-electron chi connectivity index (χ0n) is 17.2. The normalized spacial score (nSPS) is 11.3. The van der Waals surface area contributed by atoms with Gasteiger partial charge in [0.1, 0.15) is 0 Å². The molecule has 0 heteroatoms. The third-order valence-corrected chi connectivity index (χ3v) is 4.65. The van der Waals surface area contributed by atoms with Gasteiger partial charge in [0, 0.05) is 0 Å².